The fourth-order valence-electron chi connectivity index (χ4n) is 4.28. The lowest BCUT2D eigenvalue weighted by molar-refractivity contribution is -0.163. The van der Waals surface area contributed by atoms with Gasteiger partial charge in [0.05, 0.1) is 5.56 Å². The number of fused-ring (bicyclic) bond motifs is 1. The normalized spacial score (nSPS) is 21.5. The van der Waals surface area contributed by atoms with Gasteiger partial charge in [-0.1, -0.05) is 11.6 Å². The Kier molecular flexibility index (Phi) is 4.52. The molecule has 3 aliphatic rings. The summed E-state index contributed by atoms with van der Waals surface area (Å²) in [6.07, 6.45) is -0.346. The molecule has 11 heteroatoms. The van der Waals surface area contributed by atoms with Gasteiger partial charge in [-0.2, -0.15) is 13.2 Å². The number of carbonyl (C=O) groups is 2. The zero-order chi connectivity index (χ0) is 22.1. The van der Waals surface area contributed by atoms with Crippen molar-refractivity contribution >= 4 is 29.1 Å². The first-order chi connectivity index (χ1) is 14.6. The molecule has 1 saturated heterocycles. The third-order valence-electron chi connectivity index (χ3n) is 6.35. The highest BCUT2D eigenvalue weighted by Crippen LogP contribution is 2.44. The quantitative estimate of drug-likeness (QED) is 0.515. The van der Waals surface area contributed by atoms with Gasteiger partial charge in [-0.25, -0.2) is 9.37 Å². The van der Waals surface area contributed by atoms with Gasteiger partial charge in [-0.3, -0.25) is 14.0 Å². The van der Waals surface area contributed by atoms with Crippen molar-refractivity contribution in [3.63, 3.8) is 0 Å². The van der Waals surface area contributed by atoms with Crippen LogP contribution >= 0.6 is 11.6 Å². The highest BCUT2D eigenvalue weighted by atomic mass is 35.5. The number of pyridine rings is 1. The Balaban J connectivity index is 1.47. The molecule has 0 atom stereocenters. The van der Waals surface area contributed by atoms with Crippen molar-refractivity contribution in [1.29, 1.82) is 0 Å². The van der Waals surface area contributed by atoms with E-state index in [0.717, 1.165) is 33.1 Å². The molecule has 166 valence electrons. The van der Waals surface area contributed by atoms with E-state index in [9.17, 15) is 27.2 Å². The number of imidazole rings is 1. The second kappa shape index (κ2) is 6.82. The standard InChI is InChI=1S/C20H19ClF4N4O2/c21-16-15(18(31)27-6-7-29(14(30)10-27)19(22)4-1-5-19)26-17-13(20(23,24)25)8-12(9-28(16)17)11-2-3-11/h8-9,11H,1-7,10H2. The van der Waals surface area contributed by atoms with Crippen LogP contribution in [0.4, 0.5) is 17.6 Å². The molecule has 0 N–H and O–H groups in total. The molecule has 6 nitrogen and oxygen atoms in total. The zero-order valence-electron chi connectivity index (χ0n) is 16.4. The Hall–Kier alpha value is -2.36. The van der Waals surface area contributed by atoms with Gasteiger partial charge >= 0.3 is 6.18 Å². The number of amides is 2. The summed E-state index contributed by atoms with van der Waals surface area (Å²) in [6.45, 7) is -0.292. The topological polar surface area (TPSA) is 57.9 Å². The van der Waals surface area contributed by atoms with Crippen molar-refractivity contribution < 1.29 is 27.2 Å². The van der Waals surface area contributed by atoms with Crippen LogP contribution in [0.25, 0.3) is 5.65 Å². The number of piperazine rings is 1. The second-order valence-corrected chi connectivity index (χ2v) is 8.81. The largest absolute Gasteiger partial charge is 0.419 e. The number of halogens is 5. The third kappa shape index (κ3) is 3.35. The predicted molar refractivity (Wildman–Crippen MR) is 102 cm³/mol. The Morgan fingerprint density at radius 1 is 1.23 bits per heavy atom. The second-order valence-electron chi connectivity index (χ2n) is 8.45. The van der Waals surface area contributed by atoms with E-state index < -0.39 is 35.0 Å². The van der Waals surface area contributed by atoms with Gasteiger partial charge in [-0.15, -0.1) is 0 Å². The van der Waals surface area contributed by atoms with Gasteiger partial charge in [0.15, 0.2) is 17.1 Å². The summed E-state index contributed by atoms with van der Waals surface area (Å²) >= 11 is 6.29. The molecule has 3 heterocycles. The lowest BCUT2D eigenvalue weighted by Gasteiger charge is -2.47. The van der Waals surface area contributed by atoms with E-state index in [1.165, 1.54) is 6.20 Å². The van der Waals surface area contributed by atoms with Crippen LogP contribution in [0, 0.1) is 0 Å². The summed E-state index contributed by atoms with van der Waals surface area (Å²) in [5.74, 6) is -2.90. The molecule has 1 aliphatic heterocycles. The first-order valence-electron chi connectivity index (χ1n) is 10.2. The fourth-order valence-corrected chi connectivity index (χ4v) is 4.53. The summed E-state index contributed by atoms with van der Waals surface area (Å²) in [7, 11) is 0. The Morgan fingerprint density at radius 3 is 2.48 bits per heavy atom. The van der Waals surface area contributed by atoms with E-state index in [2.05, 4.69) is 4.98 Å². The van der Waals surface area contributed by atoms with Crippen LogP contribution in [-0.4, -0.2) is 56.4 Å². The van der Waals surface area contributed by atoms with Gasteiger partial charge in [0.1, 0.15) is 11.7 Å². The Morgan fingerprint density at radius 2 is 1.94 bits per heavy atom. The van der Waals surface area contributed by atoms with E-state index in [1.54, 1.807) is 0 Å². The van der Waals surface area contributed by atoms with Gasteiger partial charge in [0.2, 0.25) is 5.91 Å². The molecule has 2 aromatic rings. The molecule has 0 spiro atoms. The van der Waals surface area contributed by atoms with Crippen LogP contribution in [0.5, 0.6) is 0 Å². The SMILES string of the molecule is O=C(c1nc2c(C(F)(F)F)cc(C3CC3)cn2c1Cl)N1CCN(C2(F)CCC2)C(=O)C1. The number of carbonyl (C=O) groups excluding carboxylic acids is 2. The van der Waals surface area contributed by atoms with Gasteiger partial charge in [0, 0.05) is 32.1 Å². The maximum atomic E-state index is 14.6. The summed E-state index contributed by atoms with van der Waals surface area (Å²) in [5.41, 5.74) is -1.26. The zero-order valence-corrected chi connectivity index (χ0v) is 17.1. The molecule has 2 aromatic heterocycles. The molecular weight excluding hydrogens is 440 g/mol. The number of hydrogen-bond acceptors (Lipinski definition) is 3. The molecule has 0 bridgehead atoms. The summed E-state index contributed by atoms with van der Waals surface area (Å²) in [5, 5.41) is -0.233. The minimum absolute atomic E-state index is 0.0195. The lowest BCUT2D eigenvalue weighted by Crippen LogP contribution is -2.61. The van der Waals surface area contributed by atoms with E-state index in [1.807, 2.05) is 0 Å². The number of nitrogens with zero attached hydrogens (tertiary/aromatic N) is 4. The number of alkyl halides is 4. The summed E-state index contributed by atoms with van der Waals surface area (Å²) in [4.78, 5) is 31.6. The fraction of sp³-hybridized carbons (Fsp3) is 0.550. The number of rotatable bonds is 3. The minimum atomic E-state index is -4.67. The maximum Gasteiger partial charge on any atom is 0.419 e. The lowest BCUT2D eigenvalue weighted by atomic mass is 9.88. The molecule has 2 aliphatic carbocycles. The first kappa shape index (κ1) is 20.5. The highest BCUT2D eigenvalue weighted by Gasteiger charge is 2.47. The van der Waals surface area contributed by atoms with Crippen LogP contribution < -0.4 is 0 Å². The molecule has 31 heavy (non-hydrogen) atoms. The van der Waals surface area contributed by atoms with Crippen molar-refractivity contribution in [2.45, 2.75) is 50.0 Å². The predicted octanol–water partition coefficient (Wildman–Crippen LogP) is 4.02. The Labute approximate surface area is 179 Å². The van der Waals surface area contributed by atoms with E-state index in [-0.39, 0.29) is 49.2 Å². The molecule has 0 radical (unpaired) electrons. The summed E-state index contributed by atoms with van der Waals surface area (Å²) < 4.78 is 56.6. The van der Waals surface area contributed by atoms with E-state index >= 15 is 0 Å². The highest BCUT2D eigenvalue weighted by molar-refractivity contribution is 6.33. The van der Waals surface area contributed by atoms with Gasteiger partial charge in [0.25, 0.3) is 5.91 Å². The van der Waals surface area contributed by atoms with E-state index in [4.69, 9.17) is 11.6 Å². The van der Waals surface area contributed by atoms with Crippen LogP contribution in [0.3, 0.4) is 0 Å². The molecular formula is C20H19ClF4N4O2. The van der Waals surface area contributed by atoms with Crippen LogP contribution in [0.2, 0.25) is 5.15 Å². The number of aromatic nitrogens is 2. The average Bonchev–Trinajstić information content (AvgIpc) is 3.48. The van der Waals surface area contributed by atoms with Crippen LogP contribution in [0.1, 0.15) is 59.6 Å². The minimum Gasteiger partial charge on any atom is -0.326 e. The van der Waals surface area contributed by atoms with Crippen molar-refractivity contribution in [2.24, 2.45) is 0 Å². The van der Waals surface area contributed by atoms with E-state index in [0.29, 0.717) is 12.0 Å². The first-order valence-corrected chi connectivity index (χ1v) is 10.5. The van der Waals surface area contributed by atoms with Crippen molar-refractivity contribution in [3.05, 3.63) is 34.2 Å². The van der Waals surface area contributed by atoms with Crippen LogP contribution in [-0.2, 0) is 11.0 Å². The van der Waals surface area contributed by atoms with Crippen molar-refractivity contribution in [2.75, 3.05) is 19.6 Å². The van der Waals surface area contributed by atoms with Crippen molar-refractivity contribution in [3.8, 4) is 0 Å². The van der Waals surface area contributed by atoms with Crippen molar-refractivity contribution in [1.82, 2.24) is 19.2 Å². The monoisotopic (exact) mass is 458 g/mol. The van der Waals surface area contributed by atoms with Gasteiger partial charge in [-0.05, 0) is 36.8 Å². The average molecular weight is 459 g/mol. The molecule has 2 saturated carbocycles. The molecule has 0 aromatic carbocycles. The molecule has 2 amide bonds. The Bertz CT molecular complexity index is 1090. The maximum absolute atomic E-state index is 14.6. The molecule has 3 fully saturated rings. The van der Waals surface area contributed by atoms with Gasteiger partial charge < -0.3 is 9.80 Å². The molecule has 0 unspecified atom stereocenters. The number of hydrogen-bond donors (Lipinski definition) is 0. The van der Waals surface area contributed by atoms with Crippen LogP contribution in [0.15, 0.2) is 12.3 Å². The third-order valence-corrected chi connectivity index (χ3v) is 6.71. The smallest absolute Gasteiger partial charge is 0.326 e. The summed E-state index contributed by atoms with van der Waals surface area (Å²) in [6, 6.07) is 1.06. The molecule has 5 rings (SSSR count).